The first kappa shape index (κ1) is 26.7. The van der Waals surface area contributed by atoms with Gasteiger partial charge in [-0.1, -0.05) is 142 Å². The van der Waals surface area contributed by atoms with E-state index in [2.05, 4.69) is 142 Å². The highest BCUT2D eigenvalue weighted by Gasteiger charge is 2.31. The van der Waals surface area contributed by atoms with Crippen LogP contribution in [0.4, 0.5) is 0 Å². The van der Waals surface area contributed by atoms with Crippen molar-refractivity contribution in [1.29, 1.82) is 0 Å². The van der Waals surface area contributed by atoms with Crippen LogP contribution < -0.4 is 0 Å². The average Bonchev–Trinajstić information content (AvgIpc) is 3.39. The molecule has 5 aromatic rings. The van der Waals surface area contributed by atoms with E-state index in [1.807, 2.05) is 0 Å². The lowest BCUT2D eigenvalue weighted by Crippen LogP contribution is -2.21. The van der Waals surface area contributed by atoms with Gasteiger partial charge in [0, 0.05) is 5.92 Å². The van der Waals surface area contributed by atoms with E-state index in [0.29, 0.717) is 5.92 Å². The lowest BCUT2D eigenvalue weighted by atomic mass is 9.72. The lowest BCUT2D eigenvalue weighted by Gasteiger charge is -2.32. The summed E-state index contributed by atoms with van der Waals surface area (Å²) in [4.78, 5) is 0. The molecule has 2 aliphatic rings. The molecule has 2 atom stereocenters. The Bertz CT molecular complexity index is 1830. The maximum absolute atomic E-state index is 2.45. The van der Waals surface area contributed by atoms with Crippen molar-refractivity contribution in [2.24, 2.45) is 0 Å². The summed E-state index contributed by atoms with van der Waals surface area (Å²) in [6.07, 6.45) is 10.5. The van der Waals surface area contributed by atoms with Gasteiger partial charge in [-0.15, -0.1) is 0 Å². The van der Waals surface area contributed by atoms with Crippen LogP contribution in [-0.2, 0) is 5.41 Å². The van der Waals surface area contributed by atoms with Crippen LogP contribution in [0.15, 0.2) is 127 Å². The van der Waals surface area contributed by atoms with Crippen molar-refractivity contribution in [3.8, 4) is 22.3 Å². The van der Waals surface area contributed by atoms with Crippen molar-refractivity contribution >= 4 is 16.3 Å². The van der Waals surface area contributed by atoms with E-state index in [0.717, 1.165) is 19.3 Å². The fourth-order valence-corrected chi connectivity index (χ4v) is 7.66. The average molecular weight is 545 g/mol. The van der Waals surface area contributed by atoms with Gasteiger partial charge in [0.25, 0.3) is 0 Å². The van der Waals surface area contributed by atoms with Crippen LogP contribution >= 0.6 is 0 Å². The third kappa shape index (κ3) is 4.45. The highest BCUT2D eigenvalue weighted by atomic mass is 14.3. The van der Waals surface area contributed by atoms with Crippen LogP contribution in [0, 0.1) is 0 Å². The van der Waals surface area contributed by atoms with Gasteiger partial charge < -0.3 is 0 Å². The van der Waals surface area contributed by atoms with Gasteiger partial charge in [-0.2, -0.15) is 0 Å². The Morgan fingerprint density at radius 2 is 1.52 bits per heavy atom. The van der Waals surface area contributed by atoms with Gasteiger partial charge >= 0.3 is 0 Å². The Kier molecular flexibility index (Phi) is 6.95. The van der Waals surface area contributed by atoms with Gasteiger partial charge in [0.2, 0.25) is 0 Å². The van der Waals surface area contributed by atoms with Crippen LogP contribution in [0.1, 0.15) is 81.0 Å². The summed E-state index contributed by atoms with van der Waals surface area (Å²) in [6, 6.07) is 41.3. The lowest BCUT2D eigenvalue weighted by molar-refractivity contribution is 0.415. The second kappa shape index (κ2) is 10.9. The van der Waals surface area contributed by atoms with Gasteiger partial charge in [0.05, 0.1) is 0 Å². The second-order valence-electron chi connectivity index (χ2n) is 12.5. The minimum Gasteiger partial charge on any atom is -0.0839 e. The van der Waals surface area contributed by atoms with Crippen LogP contribution in [0.3, 0.4) is 0 Å². The number of rotatable bonds is 7. The van der Waals surface area contributed by atoms with Gasteiger partial charge in [0.15, 0.2) is 0 Å². The number of hydrogen-bond acceptors (Lipinski definition) is 0. The highest BCUT2D eigenvalue weighted by Crippen LogP contribution is 2.49. The van der Waals surface area contributed by atoms with Crippen LogP contribution in [0.2, 0.25) is 0 Å². The molecule has 0 spiro atoms. The van der Waals surface area contributed by atoms with Crippen molar-refractivity contribution in [2.75, 3.05) is 0 Å². The molecule has 0 radical (unpaired) electrons. The summed E-state index contributed by atoms with van der Waals surface area (Å²) in [7, 11) is 0. The molecule has 2 aliphatic carbocycles. The maximum atomic E-state index is 2.45. The molecule has 5 aromatic carbocycles. The van der Waals surface area contributed by atoms with Crippen molar-refractivity contribution in [1.82, 2.24) is 0 Å². The highest BCUT2D eigenvalue weighted by molar-refractivity contribution is 5.99. The number of benzene rings is 5. The summed E-state index contributed by atoms with van der Waals surface area (Å²) in [5, 5.41) is 2.66. The molecule has 0 bridgehead atoms. The van der Waals surface area contributed by atoms with Crippen LogP contribution in [0.25, 0.3) is 38.6 Å². The van der Waals surface area contributed by atoms with Gasteiger partial charge in [-0.3, -0.25) is 0 Å². The molecule has 0 fully saturated rings. The van der Waals surface area contributed by atoms with Gasteiger partial charge in [-0.25, -0.2) is 0 Å². The van der Waals surface area contributed by atoms with Crippen molar-refractivity contribution in [3.63, 3.8) is 0 Å². The molecule has 0 aliphatic heterocycles. The second-order valence-corrected chi connectivity index (χ2v) is 12.5. The zero-order valence-corrected chi connectivity index (χ0v) is 25.2. The fraction of sp³-hybridized carbons (Fsp3) is 0.238. The Hall–Kier alpha value is -4.16. The minimum absolute atomic E-state index is 0.143. The molecule has 0 heteroatoms. The van der Waals surface area contributed by atoms with Gasteiger partial charge in [-0.05, 0) is 104 Å². The molecule has 208 valence electrons. The van der Waals surface area contributed by atoms with Crippen LogP contribution in [-0.4, -0.2) is 0 Å². The predicted octanol–water partition coefficient (Wildman–Crippen LogP) is 11.9. The largest absolute Gasteiger partial charge is 0.0839 e. The van der Waals surface area contributed by atoms with Crippen molar-refractivity contribution in [3.05, 3.63) is 149 Å². The standard InChI is InChI=1S/C42H40/c1-4-27-42(3,5-2)39-26-25-30-13-6-7-16-34(30)41(39)33-15-12-14-32(28-33)29-21-23-31(24-22-29)40-37-19-10-8-17-35(37)36-18-9-11-20-38(36)40/h6-8,10-17,19-26,28,40H,4-5,9,18,27H2,1-3H3. The number of fused-ring (bicyclic) bond motifs is 3. The molecule has 2 unspecified atom stereocenters. The quantitative estimate of drug-likeness (QED) is 0.191. The summed E-state index contributed by atoms with van der Waals surface area (Å²) in [6.45, 7) is 7.11. The topological polar surface area (TPSA) is 0 Å². The SMILES string of the molecule is CCCC(C)(CC)c1ccc2ccccc2c1-c1cccc(-c2ccc(C3C4=C(CCC=C4)c4ccccc43)cc2)c1. The molecule has 0 saturated carbocycles. The molecule has 0 heterocycles. The molecule has 0 N–H and O–H groups in total. The third-order valence-electron chi connectivity index (χ3n) is 10.0. The molecule has 42 heavy (non-hydrogen) atoms. The molecule has 7 rings (SSSR count). The summed E-state index contributed by atoms with van der Waals surface area (Å²) >= 11 is 0. The number of hydrogen-bond donors (Lipinski definition) is 0. The molecular formula is C42H40. The minimum atomic E-state index is 0.143. The maximum Gasteiger partial charge on any atom is 0.0348 e. The molecule has 0 nitrogen and oxygen atoms in total. The Balaban J connectivity index is 1.30. The van der Waals surface area contributed by atoms with E-state index in [-0.39, 0.29) is 5.41 Å². The summed E-state index contributed by atoms with van der Waals surface area (Å²) in [5.41, 5.74) is 14.2. The summed E-state index contributed by atoms with van der Waals surface area (Å²) < 4.78 is 0. The molecular weight excluding hydrogens is 504 g/mol. The zero-order chi connectivity index (χ0) is 28.7. The molecule has 0 amide bonds. The molecule has 0 aromatic heterocycles. The van der Waals surface area contributed by atoms with E-state index >= 15 is 0 Å². The van der Waals surface area contributed by atoms with E-state index < -0.39 is 0 Å². The first-order valence-corrected chi connectivity index (χ1v) is 15.8. The normalized spacial score (nSPS) is 17.3. The Labute approximate surface area is 251 Å². The zero-order valence-electron chi connectivity index (χ0n) is 25.2. The predicted molar refractivity (Wildman–Crippen MR) is 181 cm³/mol. The fourth-order valence-electron chi connectivity index (χ4n) is 7.66. The summed E-state index contributed by atoms with van der Waals surface area (Å²) in [5.74, 6) is 0.330. The van der Waals surface area contributed by atoms with Crippen LogP contribution in [0.5, 0.6) is 0 Å². The van der Waals surface area contributed by atoms with E-state index in [4.69, 9.17) is 0 Å². The van der Waals surface area contributed by atoms with Crippen molar-refractivity contribution in [2.45, 2.75) is 64.2 Å². The Morgan fingerprint density at radius 1 is 0.738 bits per heavy atom. The Morgan fingerprint density at radius 3 is 2.36 bits per heavy atom. The van der Waals surface area contributed by atoms with E-state index in [1.165, 1.54) is 73.7 Å². The first-order valence-electron chi connectivity index (χ1n) is 15.8. The third-order valence-corrected chi connectivity index (χ3v) is 10.0. The van der Waals surface area contributed by atoms with E-state index in [9.17, 15) is 0 Å². The van der Waals surface area contributed by atoms with E-state index in [1.54, 1.807) is 5.57 Å². The monoisotopic (exact) mass is 544 g/mol. The smallest absolute Gasteiger partial charge is 0.0348 e. The molecule has 0 saturated heterocycles. The van der Waals surface area contributed by atoms with Gasteiger partial charge in [0.1, 0.15) is 0 Å². The first-order chi connectivity index (χ1) is 20.6. The number of allylic oxidation sites excluding steroid dienone is 4. The van der Waals surface area contributed by atoms with Crippen molar-refractivity contribution < 1.29 is 0 Å².